The van der Waals surface area contributed by atoms with Gasteiger partial charge in [-0.1, -0.05) is 23.7 Å². The van der Waals surface area contributed by atoms with Gasteiger partial charge < -0.3 is 11.1 Å². The number of halogens is 2. The molecule has 1 atom stereocenters. The van der Waals surface area contributed by atoms with Crippen LogP contribution in [0, 0.1) is 5.82 Å². The molecule has 0 aliphatic heterocycles. The molecule has 0 aromatic heterocycles. The minimum absolute atomic E-state index is 0.000309. The molecule has 2 rings (SSSR count). The van der Waals surface area contributed by atoms with E-state index in [0.29, 0.717) is 22.7 Å². The van der Waals surface area contributed by atoms with E-state index in [2.05, 4.69) is 5.32 Å². The number of nitrogens with two attached hydrogens (primary N) is 1. The van der Waals surface area contributed by atoms with Crippen molar-refractivity contribution in [2.75, 3.05) is 0 Å². The Morgan fingerprint density at radius 1 is 1.33 bits per heavy atom. The molecular weight excluding hydrogens is 291 g/mol. The van der Waals surface area contributed by atoms with Crippen molar-refractivity contribution >= 4 is 17.5 Å². The van der Waals surface area contributed by atoms with Gasteiger partial charge in [-0.2, -0.15) is 0 Å². The van der Waals surface area contributed by atoms with Gasteiger partial charge in [0.1, 0.15) is 5.82 Å². The first kappa shape index (κ1) is 15.5. The van der Waals surface area contributed by atoms with Crippen molar-refractivity contribution in [3.8, 4) is 0 Å². The molecule has 1 amide bonds. The summed E-state index contributed by atoms with van der Waals surface area (Å²) in [7, 11) is 0. The number of hydrogen-bond acceptors (Lipinski definition) is 2. The molecule has 0 saturated heterocycles. The third-order valence-corrected chi connectivity index (χ3v) is 3.51. The van der Waals surface area contributed by atoms with Crippen LogP contribution in [0.25, 0.3) is 0 Å². The molecule has 0 unspecified atom stereocenters. The predicted octanol–water partition coefficient (Wildman–Crippen LogP) is 3.43. The lowest BCUT2D eigenvalue weighted by molar-refractivity contribution is 0.1000. The van der Waals surface area contributed by atoms with Crippen LogP contribution in [0.5, 0.6) is 0 Å². The van der Waals surface area contributed by atoms with Crippen LogP contribution in [0.3, 0.4) is 0 Å². The Bertz CT molecular complexity index is 660. The topological polar surface area (TPSA) is 55.1 Å². The minimum atomic E-state index is -0.570. The van der Waals surface area contributed by atoms with Gasteiger partial charge in [-0.25, -0.2) is 4.39 Å². The molecule has 5 heteroatoms. The van der Waals surface area contributed by atoms with Crippen molar-refractivity contribution in [1.29, 1.82) is 0 Å². The number of carbonyl (C=O) groups excluding carboxylic acids is 1. The van der Waals surface area contributed by atoms with Crippen LogP contribution < -0.4 is 11.1 Å². The monoisotopic (exact) mass is 306 g/mol. The van der Waals surface area contributed by atoms with E-state index in [1.807, 2.05) is 25.1 Å². The van der Waals surface area contributed by atoms with Crippen molar-refractivity contribution in [1.82, 2.24) is 5.32 Å². The Balaban J connectivity index is 2.09. The van der Waals surface area contributed by atoms with E-state index in [1.54, 1.807) is 6.07 Å². The molecule has 0 aliphatic carbocycles. The molecule has 0 heterocycles. The van der Waals surface area contributed by atoms with E-state index < -0.39 is 5.91 Å². The zero-order valence-corrected chi connectivity index (χ0v) is 12.3. The second kappa shape index (κ2) is 6.70. The number of nitrogens with one attached hydrogen (secondary N) is 1. The van der Waals surface area contributed by atoms with Crippen molar-refractivity contribution in [3.05, 3.63) is 70.0 Å². The van der Waals surface area contributed by atoms with Crippen LogP contribution in [0.1, 0.15) is 34.5 Å². The first-order valence-corrected chi connectivity index (χ1v) is 6.92. The van der Waals surface area contributed by atoms with Gasteiger partial charge in [-0.15, -0.1) is 0 Å². The summed E-state index contributed by atoms with van der Waals surface area (Å²) in [6, 6.07) is 11.6. The van der Waals surface area contributed by atoms with Gasteiger partial charge in [0.25, 0.3) is 0 Å². The summed E-state index contributed by atoms with van der Waals surface area (Å²) in [5, 5.41) is 3.85. The largest absolute Gasteiger partial charge is 0.366 e. The average molecular weight is 307 g/mol. The second-order valence-corrected chi connectivity index (χ2v) is 5.26. The van der Waals surface area contributed by atoms with Gasteiger partial charge in [-0.05, 0) is 42.8 Å². The first-order valence-electron chi connectivity index (χ1n) is 6.54. The zero-order valence-electron chi connectivity index (χ0n) is 11.6. The molecule has 0 fully saturated rings. The molecule has 0 aliphatic rings. The first-order chi connectivity index (χ1) is 9.97. The quantitative estimate of drug-likeness (QED) is 0.889. The molecule has 2 aromatic rings. The second-order valence-electron chi connectivity index (χ2n) is 4.83. The van der Waals surface area contributed by atoms with E-state index >= 15 is 0 Å². The van der Waals surface area contributed by atoms with E-state index in [4.69, 9.17) is 17.3 Å². The Morgan fingerprint density at radius 3 is 2.76 bits per heavy atom. The average Bonchev–Trinajstić information content (AvgIpc) is 2.45. The lowest BCUT2D eigenvalue weighted by atomic mass is 10.1. The Labute approximate surface area is 127 Å². The summed E-state index contributed by atoms with van der Waals surface area (Å²) < 4.78 is 13.7. The molecule has 0 radical (unpaired) electrons. The van der Waals surface area contributed by atoms with E-state index in [0.717, 1.165) is 5.56 Å². The van der Waals surface area contributed by atoms with E-state index in [-0.39, 0.29) is 11.9 Å². The Hall–Kier alpha value is -1.91. The molecule has 110 valence electrons. The Kier molecular flexibility index (Phi) is 4.94. The lowest BCUT2D eigenvalue weighted by Gasteiger charge is -2.15. The zero-order chi connectivity index (χ0) is 15.4. The third-order valence-electron chi connectivity index (χ3n) is 3.28. The van der Waals surface area contributed by atoms with Crippen LogP contribution in [-0.2, 0) is 6.54 Å². The number of carbonyl (C=O) groups is 1. The maximum Gasteiger partial charge on any atom is 0.248 e. The molecular formula is C16H16ClFN2O. The third kappa shape index (κ3) is 4.03. The van der Waals surface area contributed by atoms with Crippen LogP contribution in [0.15, 0.2) is 42.5 Å². The van der Waals surface area contributed by atoms with Crippen LogP contribution >= 0.6 is 11.6 Å². The summed E-state index contributed by atoms with van der Waals surface area (Å²) in [4.78, 5) is 11.1. The fraction of sp³-hybridized carbons (Fsp3) is 0.188. The summed E-state index contributed by atoms with van der Waals surface area (Å²) in [5.74, 6) is -0.940. The van der Waals surface area contributed by atoms with Crippen molar-refractivity contribution < 1.29 is 9.18 Å². The SMILES string of the molecule is C[C@@H](NCc1cc(C(N)=O)ccc1F)c1cccc(Cl)c1. The predicted molar refractivity (Wildman–Crippen MR) is 81.6 cm³/mol. The fourth-order valence-corrected chi connectivity index (χ4v) is 2.22. The maximum absolute atomic E-state index is 13.7. The summed E-state index contributed by atoms with van der Waals surface area (Å²) in [5.41, 5.74) is 6.91. The molecule has 3 N–H and O–H groups in total. The fourth-order valence-electron chi connectivity index (χ4n) is 2.02. The molecule has 3 nitrogen and oxygen atoms in total. The highest BCUT2D eigenvalue weighted by atomic mass is 35.5. The van der Waals surface area contributed by atoms with Crippen molar-refractivity contribution in [2.45, 2.75) is 19.5 Å². The smallest absolute Gasteiger partial charge is 0.248 e. The lowest BCUT2D eigenvalue weighted by Crippen LogP contribution is -2.19. The van der Waals surface area contributed by atoms with E-state index in [1.165, 1.54) is 18.2 Å². The molecule has 0 bridgehead atoms. The molecule has 2 aromatic carbocycles. The number of rotatable bonds is 5. The van der Waals surface area contributed by atoms with Crippen LogP contribution in [0.4, 0.5) is 4.39 Å². The standard InChI is InChI=1S/C16H16ClFN2O/c1-10(11-3-2-4-14(17)8-11)20-9-13-7-12(16(19)21)5-6-15(13)18/h2-8,10,20H,9H2,1H3,(H2,19,21)/t10-/m1/s1. The van der Waals surface area contributed by atoms with Gasteiger partial charge >= 0.3 is 0 Å². The minimum Gasteiger partial charge on any atom is -0.366 e. The molecule has 0 spiro atoms. The number of primary amides is 1. The Morgan fingerprint density at radius 2 is 2.10 bits per heavy atom. The van der Waals surface area contributed by atoms with Gasteiger partial charge in [0, 0.05) is 28.7 Å². The van der Waals surface area contributed by atoms with Crippen molar-refractivity contribution in [3.63, 3.8) is 0 Å². The van der Waals surface area contributed by atoms with Crippen LogP contribution in [0.2, 0.25) is 5.02 Å². The molecule has 21 heavy (non-hydrogen) atoms. The highest BCUT2D eigenvalue weighted by Crippen LogP contribution is 2.18. The highest BCUT2D eigenvalue weighted by molar-refractivity contribution is 6.30. The van der Waals surface area contributed by atoms with Crippen molar-refractivity contribution in [2.24, 2.45) is 5.73 Å². The number of benzene rings is 2. The van der Waals surface area contributed by atoms with Gasteiger partial charge in [-0.3, -0.25) is 4.79 Å². The van der Waals surface area contributed by atoms with Gasteiger partial charge in [0.05, 0.1) is 0 Å². The van der Waals surface area contributed by atoms with E-state index in [9.17, 15) is 9.18 Å². The normalized spacial score (nSPS) is 12.1. The number of hydrogen-bond donors (Lipinski definition) is 2. The van der Waals surface area contributed by atoms with Crippen LogP contribution in [-0.4, -0.2) is 5.91 Å². The molecule has 0 saturated carbocycles. The summed E-state index contributed by atoms with van der Waals surface area (Å²) >= 11 is 5.95. The maximum atomic E-state index is 13.7. The van der Waals surface area contributed by atoms with Gasteiger partial charge in [0.15, 0.2) is 0 Å². The van der Waals surface area contributed by atoms with Gasteiger partial charge in [0.2, 0.25) is 5.91 Å². The summed E-state index contributed by atoms with van der Waals surface area (Å²) in [6.07, 6.45) is 0. The highest BCUT2D eigenvalue weighted by Gasteiger charge is 2.10. The number of amides is 1. The summed E-state index contributed by atoms with van der Waals surface area (Å²) in [6.45, 7) is 2.25.